The van der Waals surface area contributed by atoms with E-state index in [1.807, 2.05) is 55.5 Å². The Morgan fingerprint density at radius 3 is 2.28 bits per heavy atom. The second-order valence-corrected chi connectivity index (χ2v) is 9.07. The zero-order valence-electron chi connectivity index (χ0n) is 19.8. The van der Waals surface area contributed by atoms with Crippen LogP contribution in [0.3, 0.4) is 0 Å². The highest BCUT2D eigenvalue weighted by atomic mass is 35.5. The van der Waals surface area contributed by atoms with Crippen LogP contribution in [-0.4, -0.2) is 39.6 Å². The van der Waals surface area contributed by atoms with Gasteiger partial charge in [0.05, 0.1) is 27.0 Å². The number of hydrogen-bond donors (Lipinski definition) is 1. The SMILES string of the molecule is CCCCN(CC(=O)Nc1cc(-c2ccccc2)nn1-c1ccccc1Cl)C(=O)c1ccccc1Cl. The quantitative estimate of drug-likeness (QED) is 0.266. The number of halogens is 2. The molecule has 36 heavy (non-hydrogen) atoms. The number of aromatic nitrogens is 2. The lowest BCUT2D eigenvalue weighted by Gasteiger charge is -2.22. The van der Waals surface area contributed by atoms with E-state index in [1.165, 1.54) is 4.90 Å². The predicted molar refractivity (Wildman–Crippen MR) is 145 cm³/mol. The van der Waals surface area contributed by atoms with Crippen LogP contribution in [0.15, 0.2) is 84.9 Å². The van der Waals surface area contributed by atoms with Gasteiger partial charge in [-0.3, -0.25) is 9.59 Å². The maximum absolute atomic E-state index is 13.2. The van der Waals surface area contributed by atoms with Crippen LogP contribution < -0.4 is 5.32 Å². The van der Waals surface area contributed by atoms with Gasteiger partial charge in [-0.05, 0) is 30.7 Å². The van der Waals surface area contributed by atoms with E-state index in [2.05, 4.69) is 5.32 Å². The van der Waals surface area contributed by atoms with Gasteiger partial charge in [0.25, 0.3) is 5.91 Å². The summed E-state index contributed by atoms with van der Waals surface area (Å²) in [6.45, 7) is 2.34. The largest absolute Gasteiger partial charge is 0.329 e. The smallest absolute Gasteiger partial charge is 0.255 e. The van der Waals surface area contributed by atoms with E-state index in [4.69, 9.17) is 28.3 Å². The number of anilines is 1. The van der Waals surface area contributed by atoms with Crippen LogP contribution in [0.4, 0.5) is 5.82 Å². The summed E-state index contributed by atoms with van der Waals surface area (Å²) in [7, 11) is 0. The van der Waals surface area contributed by atoms with E-state index in [1.54, 1.807) is 41.1 Å². The van der Waals surface area contributed by atoms with Crippen molar-refractivity contribution in [3.8, 4) is 16.9 Å². The molecule has 6 nitrogen and oxygen atoms in total. The van der Waals surface area contributed by atoms with Gasteiger partial charge < -0.3 is 10.2 Å². The van der Waals surface area contributed by atoms with Crippen molar-refractivity contribution in [1.82, 2.24) is 14.7 Å². The first kappa shape index (κ1) is 25.5. The van der Waals surface area contributed by atoms with Crippen molar-refractivity contribution in [2.75, 3.05) is 18.4 Å². The topological polar surface area (TPSA) is 67.2 Å². The van der Waals surface area contributed by atoms with Gasteiger partial charge in [0, 0.05) is 18.2 Å². The highest BCUT2D eigenvalue weighted by Crippen LogP contribution is 2.28. The first-order chi connectivity index (χ1) is 17.5. The summed E-state index contributed by atoms with van der Waals surface area (Å²) in [5, 5.41) is 8.49. The van der Waals surface area contributed by atoms with Crippen LogP contribution in [-0.2, 0) is 4.79 Å². The number of nitrogens with zero attached hydrogens (tertiary/aromatic N) is 3. The van der Waals surface area contributed by atoms with Gasteiger partial charge in [-0.1, -0.05) is 91.1 Å². The van der Waals surface area contributed by atoms with Crippen LogP contribution in [0.1, 0.15) is 30.1 Å². The third kappa shape index (κ3) is 5.96. The van der Waals surface area contributed by atoms with Crippen molar-refractivity contribution < 1.29 is 9.59 Å². The first-order valence-electron chi connectivity index (χ1n) is 11.7. The van der Waals surface area contributed by atoms with Crippen LogP contribution in [0.5, 0.6) is 0 Å². The average Bonchev–Trinajstić information content (AvgIpc) is 3.30. The summed E-state index contributed by atoms with van der Waals surface area (Å²) < 4.78 is 1.61. The minimum Gasteiger partial charge on any atom is -0.329 e. The van der Waals surface area contributed by atoms with Crippen LogP contribution >= 0.6 is 23.2 Å². The number of carbonyl (C=O) groups is 2. The van der Waals surface area contributed by atoms with Crippen LogP contribution in [0.2, 0.25) is 10.0 Å². The molecule has 0 aliphatic rings. The Morgan fingerprint density at radius 2 is 1.58 bits per heavy atom. The van der Waals surface area contributed by atoms with Crippen LogP contribution in [0.25, 0.3) is 16.9 Å². The number of carbonyl (C=O) groups excluding carboxylic acids is 2. The summed E-state index contributed by atoms with van der Waals surface area (Å²) in [4.78, 5) is 27.9. The fourth-order valence-electron chi connectivity index (χ4n) is 3.79. The molecule has 0 bridgehead atoms. The fourth-order valence-corrected chi connectivity index (χ4v) is 4.22. The predicted octanol–water partition coefficient (Wildman–Crippen LogP) is 6.73. The molecule has 0 saturated heterocycles. The van der Waals surface area contributed by atoms with Crippen molar-refractivity contribution in [2.24, 2.45) is 0 Å². The Labute approximate surface area is 220 Å². The van der Waals surface area contributed by atoms with Crippen molar-refractivity contribution in [2.45, 2.75) is 19.8 Å². The fraction of sp³-hybridized carbons (Fsp3) is 0.179. The van der Waals surface area contributed by atoms with E-state index < -0.39 is 0 Å². The standard InChI is InChI=1S/C28H26Cl2N4O2/c1-2-3-17-33(28(36)21-13-7-8-14-22(21)29)19-27(35)31-26-18-24(20-11-5-4-6-12-20)32-34(26)25-16-10-9-15-23(25)30/h4-16,18H,2-3,17,19H2,1H3,(H,31,35). The number of nitrogens with one attached hydrogen (secondary N) is 1. The molecule has 1 N–H and O–H groups in total. The third-order valence-electron chi connectivity index (χ3n) is 5.63. The van der Waals surface area contributed by atoms with E-state index >= 15 is 0 Å². The molecule has 1 heterocycles. The molecule has 0 fully saturated rings. The second kappa shape index (κ2) is 11.9. The number of hydrogen-bond acceptors (Lipinski definition) is 3. The maximum atomic E-state index is 13.2. The van der Waals surface area contributed by atoms with Gasteiger partial charge in [-0.2, -0.15) is 5.10 Å². The Bertz CT molecular complexity index is 1350. The van der Waals surface area contributed by atoms with Crippen molar-refractivity contribution >= 4 is 40.8 Å². The van der Waals surface area contributed by atoms with Crippen molar-refractivity contribution in [3.63, 3.8) is 0 Å². The molecule has 0 saturated carbocycles. The van der Waals surface area contributed by atoms with E-state index in [9.17, 15) is 9.59 Å². The molecule has 184 valence electrons. The molecule has 4 rings (SSSR count). The number of unbranched alkanes of at least 4 members (excludes halogenated alkanes) is 1. The van der Waals surface area contributed by atoms with Gasteiger partial charge >= 0.3 is 0 Å². The maximum Gasteiger partial charge on any atom is 0.255 e. The van der Waals surface area contributed by atoms with Gasteiger partial charge in [0.2, 0.25) is 5.91 Å². The highest BCUT2D eigenvalue weighted by Gasteiger charge is 2.22. The third-order valence-corrected chi connectivity index (χ3v) is 6.28. The average molecular weight is 521 g/mol. The second-order valence-electron chi connectivity index (χ2n) is 8.25. The highest BCUT2D eigenvalue weighted by molar-refractivity contribution is 6.34. The molecule has 2 amide bonds. The van der Waals surface area contributed by atoms with Gasteiger partial charge in [-0.15, -0.1) is 0 Å². The molecule has 0 aliphatic carbocycles. The number of amides is 2. The molecule has 8 heteroatoms. The minimum absolute atomic E-state index is 0.127. The van der Waals surface area contributed by atoms with Gasteiger partial charge in [0.1, 0.15) is 12.4 Å². The molecule has 3 aromatic carbocycles. The van der Waals surface area contributed by atoms with E-state index in [0.717, 1.165) is 18.4 Å². The number of benzene rings is 3. The molecule has 4 aromatic rings. The molecule has 0 radical (unpaired) electrons. The van der Waals surface area contributed by atoms with Crippen LogP contribution in [0, 0.1) is 0 Å². The first-order valence-corrected chi connectivity index (χ1v) is 12.5. The lowest BCUT2D eigenvalue weighted by atomic mass is 10.1. The van der Waals surface area contributed by atoms with Crippen molar-refractivity contribution in [1.29, 1.82) is 0 Å². The summed E-state index contributed by atoms with van der Waals surface area (Å²) in [5.41, 5.74) is 2.58. The zero-order chi connectivity index (χ0) is 25.5. The Morgan fingerprint density at radius 1 is 0.917 bits per heavy atom. The van der Waals surface area contributed by atoms with Gasteiger partial charge in [0.15, 0.2) is 0 Å². The molecule has 1 aromatic heterocycles. The molecular formula is C28H26Cl2N4O2. The van der Waals surface area contributed by atoms with E-state index in [0.29, 0.717) is 39.4 Å². The Kier molecular flexibility index (Phi) is 8.41. The molecule has 0 spiro atoms. The molecule has 0 aliphatic heterocycles. The Balaban J connectivity index is 1.62. The lowest BCUT2D eigenvalue weighted by Crippen LogP contribution is -2.39. The number of rotatable bonds is 9. The summed E-state index contributed by atoms with van der Waals surface area (Å²) in [6, 6.07) is 25.6. The van der Waals surface area contributed by atoms with E-state index in [-0.39, 0.29) is 18.4 Å². The molecule has 0 unspecified atom stereocenters. The summed E-state index contributed by atoms with van der Waals surface area (Å²) >= 11 is 12.7. The lowest BCUT2D eigenvalue weighted by molar-refractivity contribution is -0.116. The minimum atomic E-state index is -0.348. The molecule has 0 atom stereocenters. The monoisotopic (exact) mass is 520 g/mol. The Hall–Kier alpha value is -3.61. The number of para-hydroxylation sites is 1. The zero-order valence-corrected chi connectivity index (χ0v) is 21.3. The normalized spacial score (nSPS) is 10.8. The van der Waals surface area contributed by atoms with Gasteiger partial charge in [-0.25, -0.2) is 4.68 Å². The van der Waals surface area contributed by atoms with Crippen molar-refractivity contribution in [3.05, 3.63) is 101 Å². The molecular weight excluding hydrogens is 495 g/mol. The summed E-state index contributed by atoms with van der Waals surface area (Å²) in [6.07, 6.45) is 1.65. The summed E-state index contributed by atoms with van der Waals surface area (Å²) in [5.74, 6) is -0.180.